The molecule has 0 spiro atoms. The fourth-order valence-electron chi connectivity index (χ4n) is 5.65. The van der Waals surface area contributed by atoms with Crippen molar-refractivity contribution in [2.24, 2.45) is 23.2 Å². The molecular formula is C29H43FO7. The number of alkyl halides is 1. The van der Waals surface area contributed by atoms with Gasteiger partial charge in [-0.25, -0.2) is 4.39 Å². The zero-order valence-corrected chi connectivity index (χ0v) is 21.6. The molecule has 0 bridgehead atoms. The molecule has 3 rings (SSSR count). The summed E-state index contributed by atoms with van der Waals surface area (Å²) in [5.41, 5.74) is 1.34. The first kappa shape index (κ1) is 29.7. The Kier molecular flexibility index (Phi) is 11.5. The van der Waals surface area contributed by atoms with Gasteiger partial charge >= 0.3 is 5.97 Å². The molecule has 0 aromatic heterocycles. The second-order valence-corrected chi connectivity index (χ2v) is 11.0. The Labute approximate surface area is 219 Å². The summed E-state index contributed by atoms with van der Waals surface area (Å²) >= 11 is 0. The first-order valence-corrected chi connectivity index (χ1v) is 13.5. The lowest BCUT2D eigenvalue weighted by Gasteiger charge is -2.26. The van der Waals surface area contributed by atoms with Gasteiger partial charge in [0.1, 0.15) is 12.8 Å². The number of ether oxygens (including phenoxy) is 1. The molecule has 1 saturated carbocycles. The number of halogens is 1. The van der Waals surface area contributed by atoms with Crippen LogP contribution in [0.1, 0.15) is 56.1 Å². The minimum absolute atomic E-state index is 0.136. The van der Waals surface area contributed by atoms with E-state index in [1.165, 1.54) is 11.1 Å². The van der Waals surface area contributed by atoms with Gasteiger partial charge in [0.2, 0.25) is 0 Å². The normalized spacial score (nSPS) is 25.0. The molecule has 0 radical (unpaired) electrons. The summed E-state index contributed by atoms with van der Waals surface area (Å²) in [7, 11) is 0. The standard InChI is InChI=1S/C29H43FO7/c30-25-15-27(35)24(9-3-1-2-4-10-28(36)37-19-29(16-31,17-32)18-33)23(25)11-12-26(34)22-13-20-7-5-6-8-21(20)14-22/h1,3,5-8,22-27,31-35H,2,4,9-19H2/t23-,24-,25+,26?,27+/m1/s1. The Morgan fingerprint density at radius 1 is 1.08 bits per heavy atom. The van der Waals surface area contributed by atoms with Crippen LogP contribution < -0.4 is 0 Å². The molecular weight excluding hydrogens is 479 g/mol. The highest BCUT2D eigenvalue weighted by Crippen LogP contribution is 2.41. The number of allylic oxidation sites excluding steroid dienone is 2. The minimum Gasteiger partial charge on any atom is -0.465 e. The van der Waals surface area contributed by atoms with Gasteiger partial charge in [-0.05, 0) is 73.8 Å². The lowest BCUT2D eigenvalue weighted by atomic mass is 9.84. The Morgan fingerprint density at radius 3 is 2.35 bits per heavy atom. The van der Waals surface area contributed by atoms with Crippen LogP contribution in [0.25, 0.3) is 0 Å². The van der Waals surface area contributed by atoms with Crippen molar-refractivity contribution in [1.29, 1.82) is 0 Å². The van der Waals surface area contributed by atoms with Crippen LogP contribution in [0.5, 0.6) is 0 Å². The molecule has 5 atom stereocenters. The molecule has 7 nitrogen and oxygen atoms in total. The predicted octanol–water partition coefficient (Wildman–Crippen LogP) is 2.50. The summed E-state index contributed by atoms with van der Waals surface area (Å²) in [5, 5.41) is 49.1. The van der Waals surface area contributed by atoms with Gasteiger partial charge in [-0.15, -0.1) is 0 Å². The third-order valence-corrected chi connectivity index (χ3v) is 8.27. The lowest BCUT2D eigenvalue weighted by molar-refractivity contribution is -0.151. The molecule has 1 unspecified atom stereocenters. The smallest absolute Gasteiger partial charge is 0.305 e. The number of fused-ring (bicyclic) bond motifs is 1. The molecule has 37 heavy (non-hydrogen) atoms. The van der Waals surface area contributed by atoms with E-state index < -0.39 is 49.6 Å². The number of carbonyl (C=O) groups excluding carboxylic acids is 1. The van der Waals surface area contributed by atoms with E-state index in [4.69, 9.17) is 4.74 Å². The van der Waals surface area contributed by atoms with Gasteiger partial charge < -0.3 is 30.3 Å². The molecule has 0 aliphatic heterocycles. The molecule has 1 aromatic rings. The van der Waals surface area contributed by atoms with E-state index in [-0.39, 0.29) is 37.2 Å². The number of aliphatic hydroxyl groups excluding tert-OH is 5. The summed E-state index contributed by atoms with van der Waals surface area (Å²) < 4.78 is 19.8. The van der Waals surface area contributed by atoms with Gasteiger partial charge in [0.05, 0.1) is 37.4 Å². The van der Waals surface area contributed by atoms with Crippen LogP contribution in [0.2, 0.25) is 0 Å². The highest BCUT2D eigenvalue weighted by molar-refractivity contribution is 5.69. The summed E-state index contributed by atoms with van der Waals surface area (Å²) in [4.78, 5) is 11.9. The minimum atomic E-state index is -1.24. The van der Waals surface area contributed by atoms with E-state index in [1.54, 1.807) is 0 Å². The van der Waals surface area contributed by atoms with E-state index in [0.717, 1.165) is 12.8 Å². The summed E-state index contributed by atoms with van der Waals surface area (Å²) in [6.45, 7) is -1.72. The van der Waals surface area contributed by atoms with Crippen molar-refractivity contribution in [2.45, 2.75) is 76.2 Å². The van der Waals surface area contributed by atoms with Crippen LogP contribution in [0.15, 0.2) is 36.4 Å². The Morgan fingerprint density at radius 2 is 1.73 bits per heavy atom. The third-order valence-electron chi connectivity index (χ3n) is 8.27. The van der Waals surface area contributed by atoms with Crippen LogP contribution in [0.3, 0.4) is 0 Å². The number of hydrogen-bond acceptors (Lipinski definition) is 7. The van der Waals surface area contributed by atoms with Crippen molar-refractivity contribution in [2.75, 3.05) is 26.4 Å². The zero-order valence-electron chi connectivity index (χ0n) is 21.6. The van der Waals surface area contributed by atoms with Gasteiger partial charge in [-0.2, -0.15) is 0 Å². The summed E-state index contributed by atoms with van der Waals surface area (Å²) in [6, 6.07) is 8.25. The van der Waals surface area contributed by atoms with Crippen molar-refractivity contribution in [1.82, 2.24) is 0 Å². The largest absolute Gasteiger partial charge is 0.465 e. The monoisotopic (exact) mass is 522 g/mol. The van der Waals surface area contributed by atoms with E-state index in [1.807, 2.05) is 24.3 Å². The number of aliphatic hydroxyl groups is 5. The topological polar surface area (TPSA) is 127 Å². The van der Waals surface area contributed by atoms with Gasteiger partial charge in [0.15, 0.2) is 0 Å². The molecule has 1 fully saturated rings. The van der Waals surface area contributed by atoms with Crippen LogP contribution >= 0.6 is 0 Å². The molecule has 2 aliphatic rings. The van der Waals surface area contributed by atoms with E-state index in [9.17, 15) is 34.7 Å². The first-order valence-electron chi connectivity index (χ1n) is 13.5. The van der Waals surface area contributed by atoms with Gasteiger partial charge in [0, 0.05) is 12.8 Å². The Bertz CT molecular complexity index is 838. The van der Waals surface area contributed by atoms with Crippen LogP contribution in [-0.4, -0.2) is 76.3 Å². The second-order valence-electron chi connectivity index (χ2n) is 11.0. The van der Waals surface area contributed by atoms with Gasteiger partial charge in [-0.1, -0.05) is 36.4 Å². The number of unbranched alkanes of at least 4 members (excludes halogenated alkanes) is 1. The fourth-order valence-corrected chi connectivity index (χ4v) is 5.65. The Balaban J connectivity index is 1.37. The summed E-state index contributed by atoms with van der Waals surface area (Å²) in [6.07, 6.45) is 6.40. The molecule has 208 valence electrons. The fraction of sp³-hybridized carbons (Fsp3) is 0.690. The van der Waals surface area contributed by atoms with Crippen molar-refractivity contribution in [3.05, 3.63) is 47.5 Å². The molecule has 0 heterocycles. The molecule has 5 N–H and O–H groups in total. The average Bonchev–Trinajstić information content (AvgIpc) is 3.46. The zero-order chi connectivity index (χ0) is 26.8. The van der Waals surface area contributed by atoms with Crippen LogP contribution in [-0.2, 0) is 22.4 Å². The SMILES string of the molecule is O=C(CCCC=CC[C@@H]1[C@@H](CCC(O)C2Cc3ccccc3C2)[C@@H](F)C[C@@H]1O)OCC(CO)(CO)CO. The highest BCUT2D eigenvalue weighted by atomic mass is 19.1. The quantitative estimate of drug-likeness (QED) is 0.136. The van der Waals surface area contributed by atoms with Crippen molar-refractivity contribution in [3.63, 3.8) is 0 Å². The Hall–Kier alpha value is -1.84. The van der Waals surface area contributed by atoms with E-state index in [2.05, 4.69) is 12.1 Å². The number of esters is 1. The number of benzene rings is 1. The maximum Gasteiger partial charge on any atom is 0.305 e. The molecule has 1 aromatic carbocycles. The summed E-state index contributed by atoms with van der Waals surface area (Å²) in [5.74, 6) is -0.770. The van der Waals surface area contributed by atoms with Crippen LogP contribution in [0.4, 0.5) is 4.39 Å². The van der Waals surface area contributed by atoms with Crippen molar-refractivity contribution in [3.8, 4) is 0 Å². The molecule has 0 amide bonds. The predicted molar refractivity (Wildman–Crippen MR) is 137 cm³/mol. The van der Waals surface area contributed by atoms with Crippen molar-refractivity contribution < 1.29 is 39.5 Å². The number of rotatable bonds is 15. The first-order chi connectivity index (χ1) is 17.8. The van der Waals surface area contributed by atoms with Crippen LogP contribution in [0, 0.1) is 23.2 Å². The van der Waals surface area contributed by atoms with Gasteiger partial charge in [-0.3, -0.25) is 4.79 Å². The van der Waals surface area contributed by atoms with E-state index in [0.29, 0.717) is 32.1 Å². The molecule has 8 heteroatoms. The maximum absolute atomic E-state index is 14.7. The maximum atomic E-state index is 14.7. The lowest BCUT2D eigenvalue weighted by Crippen LogP contribution is -2.39. The van der Waals surface area contributed by atoms with Gasteiger partial charge in [0.25, 0.3) is 0 Å². The van der Waals surface area contributed by atoms with Crippen molar-refractivity contribution >= 4 is 5.97 Å². The second kappa shape index (κ2) is 14.4. The van der Waals surface area contributed by atoms with E-state index >= 15 is 0 Å². The third kappa shape index (κ3) is 8.07. The molecule has 2 aliphatic carbocycles. The number of carbonyl (C=O) groups is 1. The number of hydrogen-bond donors (Lipinski definition) is 5. The highest BCUT2D eigenvalue weighted by Gasteiger charge is 2.42. The molecule has 0 saturated heterocycles. The average molecular weight is 523 g/mol.